The van der Waals surface area contributed by atoms with Crippen LogP contribution in [0, 0.1) is 0 Å². The van der Waals surface area contributed by atoms with Crippen LogP contribution in [-0.4, -0.2) is 26.5 Å². The van der Waals surface area contributed by atoms with Crippen molar-refractivity contribution in [3.63, 3.8) is 0 Å². The Balaban J connectivity index is 1.82. The predicted octanol–water partition coefficient (Wildman–Crippen LogP) is 4.90. The number of rotatable bonds is 6. The van der Waals surface area contributed by atoms with Gasteiger partial charge in [-0.2, -0.15) is 5.10 Å². The number of aryl methyl sites for hydroxylation is 1. The molecule has 29 heavy (non-hydrogen) atoms. The number of carbonyl (C=O) groups excluding carboxylic acids is 1. The van der Waals surface area contributed by atoms with E-state index in [0.29, 0.717) is 5.56 Å². The molecule has 0 radical (unpaired) electrons. The lowest BCUT2D eigenvalue weighted by atomic mass is 9.93. The maximum atomic E-state index is 13.0. The van der Waals surface area contributed by atoms with Crippen molar-refractivity contribution in [3.8, 4) is 0 Å². The Morgan fingerprint density at radius 1 is 1.14 bits per heavy atom. The fraction of sp³-hybridized carbons (Fsp3) is 0.458. The van der Waals surface area contributed by atoms with Crippen LogP contribution in [0.3, 0.4) is 0 Å². The van der Waals surface area contributed by atoms with E-state index in [0.717, 1.165) is 29.9 Å². The van der Waals surface area contributed by atoms with E-state index in [1.165, 1.54) is 5.56 Å². The van der Waals surface area contributed by atoms with Gasteiger partial charge in [0, 0.05) is 23.7 Å². The van der Waals surface area contributed by atoms with Gasteiger partial charge < -0.3 is 5.32 Å². The number of carbonyl (C=O) groups is 1. The Morgan fingerprint density at radius 3 is 2.45 bits per heavy atom. The summed E-state index contributed by atoms with van der Waals surface area (Å²) in [5.74, 6) is 0.0602. The molecular formula is C24H32N4O. The van der Waals surface area contributed by atoms with Gasteiger partial charge in [-0.3, -0.25) is 4.79 Å². The molecule has 1 N–H and O–H groups in total. The Kier molecular flexibility index (Phi) is 6.06. The zero-order valence-electron chi connectivity index (χ0n) is 18.4. The smallest absolute Gasteiger partial charge is 0.254 e. The summed E-state index contributed by atoms with van der Waals surface area (Å²) in [6.45, 7) is 12.6. The molecule has 1 atom stereocenters. The first kappa shape index (κ1) is 21.0. The highest BCUT2D eigenvalue weighted by molar-refractivity contribution is 5.95. The van der Waals surface area contributed by atoms with Crippen molar-refractivity contribution in [2.45, 2.75) is 71.8 Å². The minimum absolute atomic E-state index is 0.0705. The molecule has 5 heteroatoms. The van der Waals surface area contributed by atoms with Crippen LogP contribution in [0.4, 0.5) is 0 Å². The molecule has 0 bridgehead atoms. The Bertz CT molecular complexity index is 983. The Morgan fingerprint density at radius 2 is 1.83 bits per heavy atom. The maximum Gasteiger partial charge on any atom is 0.254 e. The van der Waals surface area contributed by atoms with Crippen LogP contribution in [0.25, 0.3) is 5.65 Å². The Hall–Kier alpha value is -2.69. The minimum Gasteiger partial charge on any atom is -0.349 e. The number of benzene rings is 1. The lowest BCUT2D eigenvalue weighted by molar-refractivity contribution is 0.0936. The van der Waals surface area contributed by atoms with Crippen molar-refractivity contribution in [2.75, 3.05) is 0 Å². The van der Waals surface area contributed by atoms with Crippen LogP contribution in [0.5, 0.6) is 0 Å². The van der Waals surface area contributed by atoms with Crippen LogP contribution in [0.2, 0.25) is 0 Å². The van der Waals surface area contributed by atoms with E-state index in [1.54, 1.807) is 6.20 Å². The first-order valence-electron chi connectivity index (χ1n) is 10.4. The number of hydrogen-bond acceptors (Lipinski definition) is 3. The first-order valence-corrected chi connectivity index (χ1v) is 10.4. The van der Waals surface area contributed by atoms with Crippen molar-refractivity contribution in [1.82, 2.24) is 19.9 Å². The van der Waals surface area contributed by atoms with E-state index in [1.807, 2.05) is 35.7 Å². The molecule has 3 rings (SSSR count). The summed E-state index contributed by atoms with van der Waals surface area (Å²) in [5.41, 5.74) is 4.47. The van der Waals surface area contributed by atoms with Crippen molar-refractivity contribution in [2.24, 2.45) is 0 Å². The molecule has 154 valence electrons. The molecular weight excluding hydrogens is 360 g/mol. The molecule has 3 aromatic rings. The molecule has 1 unspecified atom stereocenters. The number of amides is 1. The Labute approximate surface area is 173 Å². The van der Waals surface area contributed by atoms with Crippen LogP contribution in [0.15, 0.2) is 42.6 Å². The van der Waals surface area contributed by atoms with Crippen LogP contribution < -0.4 is 5.32 Å². The number of aromatic nitrogens is 3. The third-order valence-electron chi connectivity index (χ3n) is 5.17. The minimum atomic E-state index is -0.0866. The second kappa shape index (κ2) is 8.36. The molecule has 0 spiro atoms. The van der Waals surface area contributed by atoms with Gasteiger partial charge in [0.2, 0.25) is 0 Å². The van der Waals surface area contributed by atoms with E-state index < -0.39 is 0 Å². The van der Waals surface area contributed by atoms with Crippen LogP contribution in [0.1, 0.15) is 81.2 Å². The molecule has 0 aliphatic rings. The average molecular weight is 393 g/mol. The standard InChI is InChI=1S/C24H32N4O/c1-16(2)22-19(15-25-21-14-20(24(4,5)6)27-28(21)22)23(29)26-17(3)12-13-18-10-8-7-9-11-18/h7-11,14-17H,12-13H2,1-6H3,(H,26,29). The number of fused-ring (bicyclic) bond motifs is 1. The maximum absolute atomic E-state index is 13.0. The van der Waals surface area contributed by atoms with Gasteiger partial charge in [-0.05, 0) is 31.2 Å². The summed E-state index contributed by atoms with van der Waals surface area (Å²) < 4.78 is 1.84. The van der Waals surface area contributed by atoms with Gasteiger partial charge in [0.15, 0.2) is 5.65 Å². The molecule has 0 aliphatic heterocycles. The van der Waals surface area contributed by atoms with Gasteiger partial charge >= 0.3 is 0 Å². The average Bonchev–Trinajstić information content (AvgIpc) is 3.11. The number of nitrogens with zero attached hydrogens (tertiary/aromatic N) is 3. The summed E-state index contributed by atoms with van der Waals surface area (Å²) in [6.07, 6.45) is 3.52. The summed E-state index contributed by atoms with van der Waals surface area (Å²) >= 11 is 0. The predicted molar refractivity (Wildman–Crippen MR) is 117 cm³/mol. The topological polar surface area (TPSA) is 59.3 Å². The fourth-order valence-corrected chi connectivity index (χ4v) is 3.45. The quantitative estimate of drug-likeness (QED) is 0.649. The van der Waals surface area contributed by atoms with Gasteiger partial charge in [0.25, 0.3) is 5.91 Å². The fourth-order valence-electron chi connectivity index (χ4n) is 3.45. The molecule has 2 aromatic heterocycles. The molecule has 1 amide bonds. The van der Waals surface area contributed by atoms with Crippen molar-refractivity contribution in [3.05, 3.63) is 65.1 Å². The van der Waals surface area contributed by atoms with E-state index in [9.17, 15) is 4.79 Å². The molecule has 0 fully saturated rings. The molecule has 0 aliphatic carbocycles. The van der Waals surface area contributed by atoms with Gasteiger partial charge in [-0.15, -0.1) is 0 Å². The zero-order chi connectivity index (χ0) is 21.2. The molecule has 2 heterocycles. The molecule has 5 nitrogen and oxygen atoms in total. The summed E-state index contributed by atoms with van der Waals surface area (Å²) in [4.78, 5) is 17.6. The second-order valence-corrected chi connectivity index (χ2v) is 9.16. The van der Waals surface area contributed by atoms with Crippen LogP contribution >= 0.6 is 0 Å². The molecule has 0 saturated carbocycles. The summed E-state index contributed by atoms with van der Waals surface area (Å²) in [7, 11) is 0. The highest BCUT2D eigenvalue weighted by Crippen LogP contribution is 2.25. The largest absolute Gasteiger partial charge is 0.349 e. The van der Waals surface area contributed by atoms with Gasteiger partial charge in [-0.25, -0.2) is 9.50 Å². The highest BCUT2D eigenvalue weighted by Gasteiger charge is 2.24. The van der Waals surface area contributed by atoms with E-state index >= 15 is 0 Å². The third-order valence-corrected chi connectivity index (χ3v) is 5.17. The number of nitrogens with one attached hydrogen (secondary N) is 1. The van der Waals surface area contributed by atoms with Gasteiger partial charge in [0.05, 0.1) is 17.0 Å². The van der Waals surface area contributed by atoms with Crippen molar-refractivity contribution in [1.29, 1.82) is 0 Å². The summed E-state index contributed by atoms with van der Waals surface area (Å²) in [5, 5.41) is 7.92. The molecule has 1 aromatic carbocycles. The lowest BCUT2D eigenvalue weighted by Gasteiger charge is -2.18. The SMILES string of the molecule is CC(CCc1ccccc1)NC(=O)c1cnc2cc(C(C)(C)C)nn2c1C(C)C. The lowest BCUT2D eigenvalue weighted by Crippen LogP contribution is -2.34. The highest BCUT2D eigenvalue weighted by atomic mass is 16.1. The third kappa shape index (κ3) is 4.84. The second-order valence-electron chi connectivity index (χ2n) is 9.16. The normalized spacial score (nSPS) is 13.1. The first-order chi connectivity index (χ1) is 13.7. The van der Waals surface area contributed by atoms with E-state index in [4.69, 9.17) is 5.10 Å². The monoisotopic (exact) mass is 392 g/mol. The van der Waals surface area contributed by atoms with Gasteiger partial charge in [-0.1, -0.05) is 65.0 Å². The number of hydrogen-bond donors (Lipinski definition) is 1. The van der Waals surface area contributed by atoms with Crippen LogP contribution in [-0.2, 0) is 11.8 Å². The zero-order valence-corrected chi connectivity index (χ0v) is 18.4. The van der Waals surface area contributed by atoms with E-state index in [2.05, 4.69) is 57.1 Å². The van der Waals surface area contributed by atoms with Crippen molar-refractivity contribution < 1.29 is 4.79 Å². The van der Waals surface area contributed by atoms with Gasteiger partial charge in [0.1, 0.15) is 0 Å². The molecule has 0 saturated heterocycles. The van der Waals surface area contributed by atoms with E-state index in [-0.39, 0.29) is 23.3 Å². The van der Waals surface area contributed by atoms with Crippen molar-refractivity contribution >= 4 is 11.6 Å². The summed E-state index contributed by atoms with van der Waals surface area (Å²) in [6, 6.07) is 12.4.